The highest BCUT2D eigenvalue weighted by molar-refractivity contribution is 6.33. The zero-order chi connectivity index (χ0) is 15.6. The topological polar surface area (TPSA) is 57.6 Å². The number of halogens is 1. The second-order valence-electron chi connectivity index (χ2n) is 4.78. The number of amides is 1. The predicted molar refractivity (Wildman–Crippen MR) is 81.9 cm³/mol. The second-order valence-corrected chi connectivity index (χ2v) is 5.19. The number of nitrogens with zero attached hydrogens (tertiary/aromatic N) is 1. The normalized spacial score (nSPS) is 10.2. The molecule has 0 saturated heterocycles. The zero-order valence-corrected chi connectivity index (χ0v) is 12.4. The van der Waals surface area contributed by atoms with Gasteiger partial charge in [-0.25, -0.2) is 4.79 Å². The summed E-state index contributed by atoms with van der Waals surface area (Å²) in [4.78, 5) is 24.4. The molecule has 0 saturated carbocycles. The molecular weight excluding hydrogens is 290 g/mol. The third-order valence-electron chi connectivity index (χ3n) is 3.05. The first kappa shape index (κ1) is 15.1. The van der Waals surface area contributed by atoms with Crippen molar-refractivity contribution in [1.29, 1.82) is 0 Å². The summed E-state index contributed by atoms with van der Waals surface area (Å²) in [5, 5.41) is 9.14. The van der Waals surface area contributed by atoms with Crippen LogP contribution in [0.2, 0.25) is 5.02 Å². The number of hydrogen-bond donors (Lipinski definition) is 1. The lowest BCUT2D eigenvalue weighted by Crippen LogP contribution is -2.21. The Morgan fingerprint density at radius 1 is 1.05 bits per heavy atom. The van der Waals surface area contributed by atoms with E-state index in [1.165, 1.54) is 11.0 Å². The van der Waals surface area contributed by atoms with Crippen LogP contribution in [0.25, 0.3) is 11.1 Å². The molecule has 2 rings (SSSR count). The van der Waals surface area contributed by atoms with Crippen LogP contribution in [-0.4, -0.2) is 36.0 Å². The molecule has 0 unspecified atom stereocenters. The van der Waals surface area contributed by atoms with Crippen LogP contribution in [-0.2, 0) is 0 Å². The van der Waals surface area contributed by atoms with Gasteiger partial charge in [0.05, 0.1) is 10.6 Å². The molecule has 0 bridgehead atoms. The first-order chi connectivity index (χ1) is 9.90. The fourth-order valence-electron chi connectivity index (χ4n) is 1.96. The van der Waals surface area contributed by atoms with E-state index in [4.69, 9.17) is 16.7 Å². The fraction of sp³-hybridized carbons (Fsp3) is 0.125. The standard InChI is InChI=1S/C16H14ClNO3/c1-18(2)15(19)12-5-3-4-10(8-12)11-6-7-13(16(20)21)14(17)9-11/h3-9H,1-2H3,(H,20,21). The maximum atomic E-state index is 12.0. The van der Waals surface area contributed by atoms with Gasteiger partial charge >= 0.3 is 5.97 Å². The lowest BCUT2D eigenvalue weighted by atomic mass is 10.0. The number of carboxylic acids is 1. The molecule has 4 nitrogen and oxygen atoms in total. The Labute approximate surface area is 127 Å². The van der Waals surface area contributed by atoms with E-state index in [1.54, 1.807) is 44.4 Å². The van der Waals surface area contributed by atoms with Gasteiger partial charge in [-0.1, -0.05) is 29.8 Å². The maximum absolute atomic E-state index is 12.0. The minimum absolute atomic E-state index is 0.0564. The maximum Gasteiger partial charge on any atom is 0.337 e. The van der Waals surface area contributed by atoms with E-state index in [-0.39, 0.29) is 16.5 Å². The highest BCUT2D eigenvalue weighted by atomic mass is 35.5. The second kappa shape index (κ2) is 5.97. The van der Waals surface area contributed by atoms with Gasteiger partial charge in [0.1, 0.15) is 0 Å². The van der Waals surface area contributed by atoms with Crippen molar-refractivity contribution in [3.8, 4) is 11.1 Å². The molecule has 0 atom stereocenters. The van der Waals surface area contributed by atoms with Gasteiger partial charge < -0.3 is 10.0 Å². The van der Waals surface area contributed by atoms with Gasteiger partial charge in [-0.05, 0) is 35.4 Å². The smallest absolute Gasteiger partial charge is 0.337 e. The van der Waals surface area contributed by atoms with Crippen molar-refractivity contribution in [2.45, 2.75) is 0 Å². The van der Waals surface area contributed by atoms with E-state index in [0.29, 0.717) is 5.56 Å². The van der Waals surface area contributed by atoms with Crippen LogP contribution in [0.3, 0.4) is 0 Å². The molecule has 1 N–H and O–H groups in total. The lowest BCUT2D eigenvalue weighted by molar-refractivity contribution is 0.0696. The van der Waals surface area contributed by atoms with E-state index >= 15 is 0 Å². The zero-order valence-electron chi connectivity index (χ0n) is 11.6. The Morgan fingerprint density at radius 3 is 2.29 bits per heavy atom. The molecule has 0 heterocycles. The number of carbonyl (C=O) groups is 2. The van der Waals surface area contributed by atoms with Gasteiger partial charge in [-0.3, -0.25) is 4.79 Å². The summed E-state index contributed by atoms with van der Waals surface area (Å²) in [5.41, 5.74) is 2.19. The van der Waals surface area contributed by atoms with Gasteiger partial charge in [0.25, 0.3) is 5.91 Å². The minimum Gasteiger partial charge on any atom is -0.478 e. The number of carboxylic acid groups (broad SMARTS) is 1. The summed E-state index contributed by atoms with van der Waals surface area (Å²) in [5.74, 6) is -1.16. The van der Waals surface area contributed by atoms with Gasteiger partial charge in [0.15, 0.2) is 0 Å². The molecule has 0 fully saturated rings. The Balaban J connectivity index is 2.43. The largest absolute Gasteiger partial charge is 0.478 e. The van der Waals surface area contributed by atoms with Gasteiger partial charge in [-0.2, -0.15) is 0 Å². The molecule has 0 aliphatic carbocycles. The van der Waals surface area contributed by atoms with Crippen molar-refractivity contribution >= 4 is 23.5 Å². The van der Waals surface area contributed by atoms with E-state index in [9.17, 15) is 9.59 Å². The monoisotopic (exact) mass is 303 g/mol. The molecule has 0 aliphatic rings. The van der Waals surface area contributed by atoms with Crippen LogP contribution in [0.5, 0.6) is 0 Å². The van der Waals surface area contributed by atoms with E-state index in [0.717, 1.165) is 11.1 Å². The molecule has 108 valence electrons. The molecule has 0 radical (unpaired) electrons. The lowest BCUT2D eigenvalue weighted by Gasteiger charge is -2.11. The molecular formula is C16H14ClNO3. The van der Waals surface area contributed by atoms with Gasteiger partial charge in [0, 0.05) is 19.7 Å². The van der Waals surface area contributed by atoms with Crippen LogP contribution in [0.15, 0.2) is 42.5 Å². The van der Waals surface area contributed by atoms with Crippen molar-refractivity contribution in [2.75, 3.05) is 14.1 Å². The SMILES string of the molecule is CN(C)C(=O)c1cccc(-c2ccc(C(=O)O)c(Cl)c2)c1. The van der Waals surface area contributed by atoms with Crippen molar-refractivity contribution in [2.24, 2.45) is 0 Å². The summed E-state index contributed by atoms with van der Waals surface area (Å²) in [6.07, 6.45) is 0. The quantitative estimate of drug-likeness (QED) is 0.945. The van der Waals surface area contributed by atoms with Crippen molar-refractivity contribution in [3.63, 3.8) is 0 Å². The van der Waals surface area contributed by atoms with Crippen LogP contribution in [0.4, 0.5) is 0 Å². The summed E-state index contributed by atoms with van der Waals surface area (Å²) in [6.45, 7) is 0. The Hall–Kier alpha value is -2.33. The Morgan fingerprint density at radius 2 is 1.71 bits per heavy atom. The van der Waals surface area contributed by atoms with Crippen LogP contribution >= 0.6 is 11.6 Å². The molecule has 5 heteroatoms. The molecule has 0 aliphatic heterocycles. The average molecular weight is 304 g/mol. The van der Waals surface area contributed by atoms with E-state index < -0.39 is 5.97 Å². The van der Waals surface area contributed by atoms with E-state index in [2.05, 4.69) is 0 Å². The third-order valence-corrected chi connectivity index (χ3v) is 3.36. The number of hydrogen-bond acceptors (Lipinski definition) is 2. The Kier molecular flexibility index (Phi) is 4.29. The van der Waals surface area contributed by atoms with Crippen LogP contribution in [0, 0.1) is 0 Å². The molecule has 21 heavy (non-hydrogen) atoms. The molecule has 2 aromatic carbocycles. The third kappa shape index (κ3) is 3.23. The predicted octanol–water partition coefficient (Wildman–Crippen LogP) is 3.41. The minimum atomic E-state index is -1.07. The number of benzene rings is 2. The van der Waals surface area contributed by atoms with Crippen LogP contribution < -0.4 is 0 Å². The van der Waals surface area contributed by atoms with Gasteiger partial charge in [0.2, 0.25) is 0 Å². The molecule has 1 amide bonds. The highest BCUT2D eigenvalue weighted by Crippen LogP contribution is 2.26. The number of carbonyl (C=O) groups excluding carboxylic acids is 1. The number of aromatic carboxylic acids is 1. The fourth-order valence-corrected chi connectivity index (χ4v) is 2.22. The molecule has 0 aromatic heterocycles. The average Bonchev–Trinajstić information content (AvgIpc) is 2.46. The van der Waals surface area contributed by atoms with Gasteiger partial charge in [-0.15, -0.1) is 0 Å². The summed E-state index contributed by atoms with van der Waals surface area (Å²) >= 11 is 5.97. The molecule has 2 aromatic rings. The Bertz CT molecular complexity index is 710. The first-order valence-electron chi connectivity index (χ1n) is 6.25. The first-order valence-corrected chi connectivity index (χ1v) is 6.63. The number of rotatable bonds is 3. The summed E-state index contributed by atoms with van der Waals surface area (Å²) in [7, 11) is 3.38. The van der Waals surface area contributed by atoms with Crippen molar-refractivity contribution < 1.29 is 14.7 Å². The van der Waals surface area contributed by atoms with Crippen LogP contribution in [0.1, 0.15) is 20.7 Å². The van der Waals surface area contributed by atoms with E-state index in [1.807, 2.05) is 6.07 Å². The summed E-state index contributed by atoms with van der Waals surface area (Å²) in [6, 6.07) is 11.8. The summed E-state index contributed by atoms with van der Waals surface area (Å²) < 4.78 is 0. The van der Waals surface area contributed by atoms with Crippen molar-refractivity contribution in [1.82, 2.24) is 4.90 Å². The molecule has 0 spiro atoms. The highest BCUT2D eigenvalue weighted by Gasteiger charge is 2.12. The van der Waals surface area contributed by atoms with Crippen molar-refractivity contribution in [3.05, 3.63) is 58.6 Å².